The van der Waals surface area contributed by atoms with E-state index >= 15 is 0 Å². The minimum atomic E-state index is -6.07. The molecule has 0 aromatic carbocycles. The minimum Gasteiger partial charge on any atom is -0.482 e. The van der Waals surface area contributed by atoms with Gasteiger partial charge in [-0.2, -0.15) is 35.1 Å². The molecular weight excluding hydrogens is 632 g/mol. The number of alkyl halides is 8. The van der Waals surface area contributed by atoms with Gasteiger partial charge in [-0.05, 0) is 32.4 Å². The van der Waals surface area contributed by atoms with Crippen LogP contribution in [0, 0.1) is 0 Å². The second-order valence-electron chi connectivity index (χ2n) is 9.40. The summed E-state index contributed by atoms with van der Waals surface area (Å²) in [7, 11) is -3.61. The number of carbonyl (C=O) groups is 2. The summed E-state index contributed by atoms with van der Waals surface area (Å²) < 4.78 is 146. The van der Waals surface area contributed by atoms with E-state index in [0.29, 0.717) is 17.2 Å². The minimum absolute atomic E-state index is 0.275. The van der Waals surface area contributed by atoms with Gasteiger partial charge in [-0.15, -0.1) is 11.3 Å². The summed E-state index contributed by atoms with van der Waals surface area (Å²) >= 11 is -0.275. The van der Waals surface area contributed by atoms with Crippen LogP contribution < -0.4 is 9.64 Å². The van der Waals surface area contributed by atoms with Crippen molar-refractivity contribution in [1.29, 1.82) is 0 Å². The predicted octanol–water partition coefficient (Wildman–Crippen LogP) is 6.26. The molecule has 236 valence electrons. The SMILES string of the molecule is CCS(=O)(=O)c1cc(OCC(F)(F)F)cnc1N(Cc1cc(C(F)(F)C(F)(F)F)sc1C(=O)OC)C(=O)OC(C)(C)C. The van der Waals surface area contributed by atoms with Crippen LogP contribution >= 0.6 is 11.3 Å². The lowest BCUT2D eigenvalue weighted by Crippen LogP contribution is -2.38. The highest BCUT2D eigenvalue weighted by atomic mass is 32.2. The quantitative estimate of drug-likeness (QED) is 0.230. The lowest BCUT2D eigenvalue weighted by molar-refractivity contribution is -0.287. The number of esters is 1. The van der Waals surface area contributed by atoms with E-state index in [1.165, 1.54) is 20.8 Å². The van der Waals surface area contributed by atoms with Crippen LogP contribution in [0.2, 0.25) is 0 Å². The summed E-state index contributed by atoms with van der Waals surface area (Å²) in [5.41, 5.74) is -1.90. The number of amides is 1. The van der Waals surface area contributed by atoms with Crippen molar-refractivity contribution in [2.24, 2.45) is 0 Å². The number of aromatic nitrogens is 1. The molecule has 0 unspecified atom stereocenters. The summed E-state index contributed by atoms with van der Waals surface area (Å²) in [6.07, 6.45) is -11.6. The molecule has 2 aromatic heterocycles. The van der Waals surface area contributed by atoms with Crippen molar-refractivity contribution >= 4 is 39.1 Å². The van der Waals surface area contributed by atoms with Crippen LogP contribution in [0.5, 0.6) is 5.75 Å². The summed E-state index contributed by atoms with van der Waals surface area (Å²) in [5, 5.41) is 0. The number of carbonyl (C=O) groups excluding carboxylic acids is 2. The van der Waals surface area contributed by atoms with Gasteiger partial charge in [0.25, 0.3) is 0 Å². The molecule has 2 aromatic rings. The molecule has 0 N–H and O–H groups in total. The first-order chi connectivity index (χ1) is 18.9. The molecule has 42 heavy (non-hydrogen) atoms. The Bertz CT molecular complexity index is 1420. The Hall–Kier alpha value is -3.22. The van der Waals surface area contributed by atoms with E-state index in [-0.39, 0.29) is 17.4 Å². The molecule has 19 heteroatoms. The fourth-order valence-corrected chi connectivity index (χ4v) is 5.20. The fourth-order valence-electron chi connectivity index (χ4n) is 3.07. The number of thiophene rings is 1. The van der Waals surface area contributed by atoms with Gasteiger partial charge in [-0.1, -0.05) is 6.92 Å². The highest BCUT2D eigenvalue weighted by Gasteiger charge is 2.60. The zero-order chi connectivity index (χ0) is 32.5. The standard InChI is InChI=1S/C23H24F8N2O7S2/c1-6-42(36,37)14-8-13(39-11-21(24,25)26)9-32-17(14)33(19(35)40-20(2,3)4)10-12-7-15(22(27,28)23(29,30)31)41-16(12)18(34)38-5/h7-9H,6,10-11H2,1-5H3. The van der Waals surface area contributed by atoms with Crippen molar-refractivity contribution in [2.45, 2.75) is 63.0 Å². The van der Waals surface area contributed by atoms with E-state index in [4.69, 9.17) is 4.74 Å². The Kier molecular flexibility index (Phi) is 10.1. The van der Waals surface area contributed by atoms with Crippen molar-refractivity contribution < 1.29 is 67.3 Å². The van der Waals surface area contributed by atoms with Crippen LogP contribution in [-0.2, 0) is 31.8 Å². The molecule has 0 saturated carbocycles. The molecular formula is C23H24F8N2O7S2. The maximum absolute atomic E-state index is 14.2. The number of hydrogen-bond acceptors (Lipinski definition) is 9. The van der Waals surface area contributed by atoms with Gasteiger partial charge in [0.15, 0.2) is 22.3 Å². The molecule has 0 aliphatic heterocycles. The molecule has 0 bridgehead atoms. The van der Waals surface area contributed by atoms with E-state index in [0.717, 1.165) is 14.0 Å². The molecule has 0 aliphatic carbocycles. The highest BCUT2D eigenvalue weighted by Crippen LogP contribution is 2.47. The van der Waals surface area contributed by atoms with Gasteiger partial charge in [-0.3, -0.25) is 4.90 Å². The Balaban J connectivity index is 2.81. The Morgan fingerprint density at radius 1 is 1.02 bits per heavy atom. The number of halogens is 8. The molecule has 0 spiro atoms. The summed E-state index contributed by atoms with van der Waals surface area (Å²) in [6, 6.07) is 0.916. The zero-order valence-corrected chi connectivity index (χ0v) is 24.1. The lowest BCUT2D eigenvalue weighted by atomic mass is 10.1. The number of rotatable bonds is 9. The number of ether oxygens (including phenoxy) is 3. The Morgan fingerprint density at radius 2 is 1.62 bits per heavy atom. The smallest absolute Gasteiger partial charge is 0.458 e. The first kappa shape index (κ1) is 35.0. The predicted molar refractivity (Wildman–Crippen MR) is 132 cm³/mol. The topological polar surface area (TPSA) is 112 Å². The van der Waals surface area contributed by atoms with Crippen LogP contribution in [0.25, 0.3) is 0 Å². The largest absolute Gasteiger partial charge is 0.482 e. The zero-order valence-electron chi connectivity index (χ0n) is 22.4. The summed E-state index contributed by atoms with van der Waals surface area (Å²) in [6.45, 7) is 2.44. The average molecular weight is 657 g/mol. The lowest BCUT2D eigenvalue weighted by Gasteiger charge is -2.28. The molecule has 0 aliphatic rings. The van der Waals surface area contributed by atoms with Gasteiger partial charge in [0.05, 0.1) is 30.5 Å². The van der Waals surface area contributed by atoms with Crippen LogP contribution in [0.3, 0.4) is 0 Å². The maximum Gasteiger partial charge on any atom is 0.458 e. The van der Waals surface area contributed by atoms with Crippen molar-refractivity contribution in [3.63, 3.8) is 0 Å². The normalized spacial score (nSPS) is 13.1. The van der Waals surface area contributed by atoms with Gasteiger partial charge in [-0.25, -0.2) is 23.0 Å². The molecule has 0 atom stereocenters. The molecule has 0 saturated heterocycles. The fraction of sp³-hybridized carbons (Fsp3) is 0.522. The first-order valence-electron chi connectivity index (χ1n) is 11.5. The first-order valence-corrected chi connectivity index (χ1v) is 14.0. The van der Waals surface area contributed by atoms with Crippen LogP contribution in [0.1, 0.15) is 47.8 Å². The van der Waals surface area contributed by atoms with Crippen molar-refractivity contribution in [1.82, 2.24) is 4.98 Å². The second kappa shape index (κ2) is 12.2. The maximum atomic E-state index is 14.2. The number of methoxy groups -OCH3 is 1. The molecule has 9 nitrogen and oxygen atoms in total. The molecule has 2 rings (SSSR count). The van der Waals surface area contributed by atoms with Crippen LogP contribution in [0.4, 0.5) is 45.7 Å². The van der Waals surface area contributed by atoms with Gasteiger partial charge >= 0.3 is 30.3 Å². The Morgan fingerprint density at radius 3 is 2.10 bits per heavy atom. The van der Waals surface area contributed by atoms with E-state index in [1.54, 1.807) is 0 Å². The van der Waals surface area contributed by atoms with E-state index in [1.807, 2.05) is 0 Å². The monoisotopic (exact) mass is 656 g/mol. The van der Waals surface area contributed by atoms with Gasteiger partial charge < -0.3 is 14.2 Å². The van der Waals surface area contributed by atoms with Gasteiger partial charge in [0.2, 0.25) is 0 Å². The summed E-state index contributed by atoms with van der Waals surface area (Å²) in [4.78, 5) is 26.4. The van der Waals surface area contributed by atoms with Gasteiger partial charge in [0, 0.05) is 6.07 Å². The van der Waals surface area contributed by atoms with Crippen molar-refractivity contribution in [3.05, 3.63) is 33.6 Å². The van der Waals surface area contributed by atoms with E-state index < -0.39 is 96.5 Å². The average Bonchev–Trinajstić information content (AvgIpc) is 3.28. The number of pyridine rings is 1. The van der Waals surface area contributed by atoms with E-state index in [9.17, 15) is 53.1 Å². The Labute approximate surface area is 238 Å². The van der Waals surface area contributed by atoms with E-state index in [2.05, 4.69) is 14.5 Å². The highest BCUT2D eigenvalue weighted by molar-refractivity contribution is 7.91. The molecule has 0 radical (unpaired) electrons. The number of hydrogen-bond donors (Lipinski definition) is 0. The van der Waals surface area contributed by atoms with Crippen LogP contribution in [-0.4, -0.2) is 62.9 Å². The third kappa shape index (κ3) is 8.42. The number of sulfone groups is 1. The van der Waals surface area contributed by atoms with Crippen molar-refractivity contribution in [2.75, 3.05) is 24.4 Å². The van der Waals surface area contributed by atoms with Gasteiger partial charge in [0.1, 0.15) is 21.1 Å². The summed E-state index contributed by atoms with van der Waals surface area (Å²) in [5.74, 6) is -8.92. The van der Waals surface area contributed by atoms with Crippen LogP contribution in [0.15, 0.2) is 23.2 Å². The second-order valence-corrected chi connectivity index (χ2v) is 12.7. The molecule has 0 fully saturated rings. The third-order valence-electron chi connectivity index (χ3n) is 4.97. The molecule has 2 heterocycles. The third-order valence-corrected chi connectivity index (χ3v) is 7.93. The van der Waals surface area contributed by atoms with Crippen molar-refractivity contribution in [3.8, 4) is 5.75 Å². The number of anilines is 1. The number of nitrogens with zero attached hydrogens (tertiary/aromatic N) is 2. The molecule has 1 amide bonds.